The zero-order valence-electron chi connectivity index (χ0n) is 11.3. The Bertz CT molecular complexity index is 425. The van der Waals surface area contributed by atoms with Gasteiger partial charge in [-0.25, -0.2) is 4.98 Å². The number of nitrogens with zero attached hydrogens (tertiary/aromatic N) is 2. The minimum Gasteiger partial charge on any atom is -0.356 e. The lowest BCUT2D eigenvalue weighted by Crippen LogP contribution is -2.30. The van der Waals surface area contributed by atoms with Gasteiger partial charge in [-0.3, -0.25) is 4.79 Å². The van der Waals surface area contributed by atoms with Gasteiger partial charge in [0.25, 0.3) is 5.91 Å². The molecule has 2 aliphatic rings. The highest BCUT2D eigenvalue weighted by atomic mass is 16.1. The molecule has 2 heterocycles. The molecule has 0 saturated heterocycles. The highest BCUT2D eigenvalue weighted by Gasteiger charge is 2.18. The average Bonchev–Trinajstić information content (AvgIpc) is 2.90. The highest BCUT2D eigenvalue weighted by molar-refractivity contribution is 5.92. The van der Waals surface area contributed by atoms with E-state index in [1.54, 1.807) is 0 Å². The van der Waals surface area contributed by atoms with Crippen molar-refractivity contribution >= 4 is 11.9 Å². The van der Waals surface area contributed by atoms with Crippen molar-refractivity contribution < 1.29 is 4.79 Å². The summed E-state index contributed by atoms with van der Waals surface area (Å²) in [7, 11) is 0. The number of rotatable bonds is 3. The van der Waals surface area contributed by atoms with E-state index >= 15 is 0 Å². The normalized spacial score (nSPS) is 19.6. The molecule has 1 aliphatic carbocycles. The second-order valence-corrected chi connectivity index (χ2v) is 5.64. The van der Waals surface area contributed by atoms with Gasteiger partial charge in [0.1, 0.15) is 5.69 Å². The van der Waals surface area contributed by atoms with Gasteiger partial charge in [0, 0.05) is 25.8 Å². The van der Waals surface area contributed by atoms with Crippen molar-refractivity contribution in [3.05, 3.63) is 11.9 Å². The van der Waals surface area contributed by atoms with Crippen molar-refractivity contribution in [2.24, 2.45) is 5.92 Å². The average molecular weight is 262 g/mol. The Morgan fingerprint density at radius 2 is 2.21 bits per heavy atom. The summed E-state index contributed by atoms with van der Waals surface area (Å²) in [5.41, 5.74) is 0.542. The van der Waals surface area contributed by atoms with Gasteiger partial charge < -0.3 is 15.2 Å². The molecule has 0 bridgehead atoms. The third kappa shape index (κ3) is 2.91. The summed E-state index contributed by atoms with van der Waals surface area (Å²) in [6, 6.07) is 0. The number of nitrogens with one attached hydrogen (secondary N) is 2. The number of aryl methyl sites for hydroxylation is 1. The number of imidazole rings is 1. The van der Waals surface area contributed by atoms with Gasteiger partial charge in [-0.15, -0.1) is 0 Å². The summed E-state index contributed by atoms with van der Waals surface area (Å²) in [6.45, 7) is 2.69. The quantitative estimate of drug-likeness (QED) is 0.876. The summed E-state index contributed by atoms with van der Waals surface area (Å²) in [5.74, 6) is 1.46. The summed E-state index contributed by atoms with van der Waals surface area (Å²) in [5, 5.41) is 6.25. The van der Waals surface area contributed by atoms with Crippen LogP contribution in [-0.2, 0) is 6.54 Å². The third-order valence-electron chi connectivity index (χ3n) is 4.14. The van der Waals surface area contributed by atoms with Crippen LogP contribution < -0.4 is 10.6 Å². The number of amides is 1. The fourth-order valence-corrected chi connectivity index (χ4v) is 3.01. The number of carbonyl (C=O) groups is 1. The zero-order valence-corrected chi connectivity index (χ0v) is 11.3. The SMILES string of the molecule is O=C(NCC1CCCCC1)c1cn2c(n1)NCCC2. The third-order valence-corrected chi connectivity index (χ3v) is 4.14. The number of hydrogen-bond acceptors (Lipinski definition) is 3. The number of aromatic nitrogens is 2. The minimum absolute atomic E-state index is 0.0331. The molecule has 104 valence electrons. The topological polar surface area (TPSA) is 59.0 Å². The summed E-state index contributed by atoms with van der Waals surface area (Å²) >= 11 is 0. The van der Waals surface area contributed by atoms with Crippen molar-refractivity contribution in [1.82, 2.24) is 14.9 Å². The van der Waals surface area contributed by atoms with E-state index in [2.05, 4.69) is 15.6 Å². The van der Waals surface area contributed by atoms with Crippen LogP contribution in [0.4, 0.5) is 5.95 Å². The maximum atomic E-state index is 12.1. The van der Waals surface area contributed by atoms with E-state index in [4.69, 9.17) is 0 Å². The van der Waals surface area contributed by atoms with E-state index in [-0.39, 0.29) is 5.91 Å². The molecule has 5 nitrogen and oxygen atoms in total. The van der Waals surface area contributed by atoms with Crippen LogP contribution in [0.25, 0.3) is 0 Å². The molecule has 1 aromatic rings. The molecule has 1 fully saturated rings. The van der Waals surface area contributed by atoms with Crippen LogP contribution in [0.2, 0.25) is 0 Å². The predicted octanol–water partition coefficient (Wildman–Crippen LogP) is 2.01. The van der Waals surface area contributed by atoms with E-state index in [9.17, 15) is 4.79 Å². The van der Waals surface area contributed by atoms with Crippen LogP contribution in [0.15, 0.2) is 6.20 Å². The van der Waals surface area contributed by atoms with Gasteiger partial charge in [0.05, 0.1) is 0 Å². The fraction of sp³-hybridized carbons (Fsp3) is 0.714. The van der Waals surface area contributed by atoms with Crippen LogP contribution >= 0.6 is 0 Å². The smallest absolute Gasteiger partial charge is 0.271 e. The molecule has 1 aromatic heterocycles. The summed E-state index contributed by atoms with van der Waals surface area (Å²) in [6.07, 6.45) is 9.42. The van der Waals surface area contributed by atoms with E-state index in [1.807, 2.05) is 10.8 Å². The maximum Gasteiger partial charge on any atom is 0.271 e. The van der Waals surface area contributed by atoms with Gasteiger partial charge in [0.15, 0.2) is 0 Å². The number of carbonyl (C=O) groups excluding carboxylic acids is 1. The van der Waals surface area contributed by atoms with Crippen molar-refractivity contribution in [1.29, 1.82) is 0 Å². The van der Waals surface area contributed by atoms with Crippen LogP contribution in [0, 0.1) is 5.92 Å². The second kappa shape index (κ2) is 5.63. The molecule has 1 amide bonds. The van der Waals surface area contributed by atoms with Crippen molar-refractivity contribution in [3.8, 4) is 0 Å². The van der Waals surface area contributed by atoms with Gasteiger partial charge in [0.2, 0.25) is 5.95 Å². The molecule has 0 spiro atoms. The minimum atomic E-state index is -0.0331. The van der Waals surface area contributed by atoms with Crippen LogP contribution in [-0.4, -0.2) is 28.5 Å². The standard InChI is InChI=1S/C14H22N4O/c19-13(16-9-11-5-2-1-3-6-11)12-10-18-8-4-7-15-14(18)17-12/h10-11H,1-9H2,(H,15,17)(H,16,19). The molecule has 1 saturated carbocycles. The first-order valence-corrected chi connectivity index (χ1v) is 7.42. The fourth-order valence-electron chi connectivity index (χ4n) is 3.01. The lowest BCUT2D eigenvalue weighted by Gasteiger charge is -2.21. The van der Waals surface area contributed by atoms with Gasteiger partial charge in [-0.2, -0.15) is 0 Å². The second-order valence-electron chi connectivity index (χ2n) is 5.64. The van der Waals surface area contributed by atoms with E-state index < -0.39 is 0 Å². The van der Waals surface area contributed by atoms with Gasteiger partial charge in [-0.1, -0.05) is 19.3 Å². The Labute approximate surface area is 113 Å². The molecule has 2 N–H and O–H groups in total. The summed E-state index contributed by atoms with van der Waals surface area (Å²) in [4.78, 5) is 16.4. The van der Waals surface area contributed by atoms with Gasteiger partial charge in [-0.05, 0) is 25.2 Å². The van der Waals surface area contributed by atoms with E-state index in [0.717, 1.165) is 32.0 Å². The lowest BCUT2D eigenvalue weighted by atomic mass is 9.89. The highest BCUT2D eigenvalue weighted by Crippen LogP contribution is 2.23. The molecule has 1 aliphatic heterocycles. The maximum absolute atomic E-state index is 12.1. The Balaban J connectivity index is 1.56. The molecule has 5 heteroatoms. The molecular formula is C14H22N4O. The first-order valence-electron chi connectivity index (χ1n) is 7.42. The molecule has 3 rings (SSSR count). The van der Waals surface area contributed by atoms with E-state index in [1.165, 1.54) is 32.1 Å². The Hall–Kier alpha value is -1.52. The molecule has 0 unspecified atom stereocenters. The predicted molar refractivity (Wildman–Crippen MR) is 74.2 cm³/mol. The molecular weight excluding hydrogens is 240 g/mol. The largest absolute Gasteiger partial charge is 0.356 e. The zero-order chi connectivity index (χ0) is 13.1. The lowest BCUT2D eigenvalue weighted by molar-refractivity contribution is 0.0939. The number of hydrogen-bond donors (Lipinski definition) is 2. The van der Waals surface area contributed by atoms with Crippen molar-refractivity contribution in [3.63, 3.8) is 0 Å². The molecule has 0 atom stereocenters. The summed E-state index contributed by atoms with van der Waals surface area (Å²) < 4.78 is 2.03. The monoisotopic (exact) mass is 262 g/mol. The van der Waals surface area contributed by atoms with Crippen molar-refractivity contribution in [2.75, 3.05) is 18.4 Å². The molecule has 0 aromatic carbocycles. The Morgan fingerprint density at radius 1 is 1.37 bits per heavy atom. The number of anilines is 1. The Kier molecular flexibility index (Phi) is 3.71. The number of fused-ring (bicyclic) bond motifs is 1. The van der Waals surface area contributed by atoms with Crippen molar-refractivity contribution in [2.45, 2.75) is 45.1 Å². The Morgan fingerprint density at radius 3 is 3.00 bits per heavy atom. The first-order chi connectivity index (χ1) is 9.33. The van der Waals surface area contributed by atoms with Crippen LogP contribution in [0.1, 0.15) is 49.0 Å². The first kappa shape index (κ1) is 12.5. The van der Waals surface area contributed by atoms with Crippen LogP contribution in [0.5, 0.6) is 0 Å². The molecule has 0 radical (unpaired) electrons. The van der Waals surface area contributed by atoms with Crippen LogP contribution in [0.3, 0.4) is 0 Å². The van der Waals surface area contributed by atoms with E-state index in [0.29, 0.717) is 11.6 Å². The van der Waals surface area contributed by atoms with Gasteiger partial charge >= 0.3 is 0 Å². The molecule has 19 heavy (non-hydrogen) atoms.